The fourth-order valence-corrected chi connectivity index (χ4v) is 3.51. The quantitative estimate of drug-likeness (QED) is 0.844. The van der Waals surface area contributed by atoms with Crippen molar-refractivity contribution < 1.29 is 0 Å². The van der Waals surface area contributed by atoms with Crippen molar-refractivity contribution >= 4 is 22.5 Å². The first kappa shape index (κ1) is 11.8. The van der Waals surface area contributed by atoms with Gasteiger partial charge in [0, 0.05) is 35.2 Å². The largest absolute Gasteiger partial charge is 0.361 e. The molecule has 1 heterocycles. The van der Waals surface area contributed by atoms with Gasteiger partial charge in [-0.1, -0.05) is 17.7 Å². The highest BCUT2D eigenvalue weighted by molar-refractivity contribution is 6.31. The first-order valence-corrected chi connectivity index (χ1v) is 7.61. The molecule has 19 heavy (non-hydrogen) atoms. The summed E-state index contributed by atoms with van der Waals surface area (Å²) in [6, 6.07) is 6.07. The van der Waals surface area contributed by atoms with Gasteiger partial charge in [0.05, 0.1) is 0 Å². The predicted molar refractivity (Wildman–Crippen MR) is 79.4 cm³/mol. The van der Waals surface area contributed by atoms with E-state index in [0.29, 0.717) is 5.41 Å². The Balaban J connectivity index is 1.44. The molecule has 0 amide bonds. The summed E-state index contributed by atoms with van der Waals surface area (Å²) in [5.41, 5.74) is 3.15. The van der Waals surface area contributed by atoms with Crippen molar-refractivity contribution in [1.82, 2.24) is 10.3 Å². The number of H-pyrrole nitrogens is 1. The van der Waals surface area contributed by atoms with Gasteiger partial charge in [0.25, 0.3) is 0 Å². The maximum Gasteiger partial charge on any atom is 0.0472 e. The lowest BCUT2D eigenvalue weighted by Crippen LogP contribution is -2.24. The molecular weight excluding hydrogens is 256 g/mol. The molecule has 2 fully saturated rings. The first-order chi connectivity index (χ1) is 9.27. The summed E-state index contributed by atoms with van der Waals surface area (Å²) in [5.74, 6) is 1.03. The Hall–Kier alpha value is -0.990. The predicted octanol–water partition coefficient (Wildman–Crippen LogP) is 4.10. The van der Waals surface area contributed by atoms with E-state index in [1.807, 2.05) is 12.1 Å². The Bertz CT molecular complexity index is 608. The molecule has 2 nitrogen and oxygen atoms in total. The summed E-state index contributed by atoms with van der Waals surface area (Å²) in [5, 5.41) is 5.74. The molecule has 0 radical (unpaired) electrons. The van der Waals surface area contributed by atoms with Crippen LogP contribution in [0.3, 0.4) is 0 Å². The Morgan fingerprint density at radius 3 is 2.89 bits per heavy atom. The van der Waals surface area contributed by atoms with Crippen molar-refractivity contribution in [3.05, 3.63) is 35.0 Å². The molecule has 1 aromatic carbocycles. The molecule has 2 aliphatic rings. The molecule has 0 spiro atoms. The normalized spacial score (nSPS) is 20.9. The lowest BCUT2D eigenvalue weighted by molar-refractivity contribution is 0.404. The van der Waals surface area contributed by atoms with Gasteiger partial charge in [-0.3, -0.25) is 0 Å². The summed E-state index contributed by atoms with van der Waals surface area (Å²) in [6.45, 7) is 2.15. The molecule has 2 N–H and O–H groups in total. The Morgan fingerprint density at radius 1 is 1.32 bits per heavy atom. The van der Waals surface area contributed by atoms with Gasteiger partial charge in [0.1, 0.15) is 0 Å². The van der Waals surface area contributed by atoms with Crippen molar-refractivity contribution in [1.29, 1.82) is 0 Å². The number of aromatic amines is 1. The van der Waals surface area contributed by atoms with Crippen LogP contribution in [-0.2, 0) is 6.54 Å². The average Bonchev–Trinajstić information content (AvgIpc) is 3.28. The molecule has 0 saturated heterocycles. The van der Waals surface area contributed by atoms with Crippen molar-refractivity contribution in [2.75, 3.05) is 6.54 Å². The van der Waals surface area contributed by atoms with Gasteiger partial charge in [-0.25, -0.2) is 0 Å². The van der Waals surface area contributed by atoms with E-state index in [4.69, 9.17) is 11.6 Å². The molecule has 2 aromatic rings. The third-order valence-electron chi connectivity index (χ3n) is 4.86. The van der Waals surface area contributed by atoms with Gasteiger partial charge >= 0.3 is 0 Å². The summed E-state index contributed by atoms with van der Waals surface area (Å²) in [4.78, 5) is 3.30. The van der Waals surface area contributed by atoms with Crippen LogP contribution in [-0.4, -0.2) is 11.5 Å². The highest BCUT2D eigenvalue weighted by Crippen LogP contribution is 2.60. The van der Waals surface area contributed by atoms with E-state index < -0.39 is 0 Å². The fraction of sp³-hybridized carbons (Fsp3) is 0.500. The van der Waals surface area contributed by atoms with E-state index in [2.05, 4.69) is 22.6 Å². The smallest absolute Gasteiger partial charge is 0.0472 e. The first-order valence-electron chi connectivity index (χ1n) is 7.23. The second-order valence-electron chi connectivity index (χ2n) is 6.24. The van der Waals surface area contributed by atoms with Gasteiger partial charge in [0.2, 0.25) is 0 Å². The molecular formula is C16H19ClN2. The SMILES string of the molecule is Clc1ccc2c(CNCC3(C4CC4)CC3)c[nH]c2c1. The highest BCUT2D eigenvalue weighted by atomic mass is 35.5. The third kappa shape index (κ3) is 2.17. The number of halogens is 1. The highest BCUT2D eigenvalue weighted by Gasteiger charge is 2.53. The molecule has 0 bridgehead atoms. The number of hydrogen-bond donors (Lipinski definition) is 2. The zero-order valence-electron chi connectivity index (χ0n) is 11.0. The topological polar surface area (TPSA) is 27.8 Å². The van der Waals surface area contributed by atoms with Gasteiger partial charge < -0.3 is 10.3 Å². The Kier molecular flexibility index (Phi) is 2.64. The van der Waals surface area contributed by atoms with E-state index in [9.17, 15) is 0 Å². The average molecular weight is 275 g/mol. The minimum absolute atomic E-state index is 0.676. The van der Waals surface area contributed by atoms with Crippen LogP contribution in [0.25, 0.3) is 10.9 Å². The molecule has 4 rings (SSSR count). The maximum atomic E-state index is 6.01. The zero-order chi connectivity index (χ0) is 12.9. The second-order valence-corrected chi connectivity index (χ2v) is 6.68. The molecule has 2 aliphatic carbocycles. The molecule has 3 heteroatoms. The van der Waals surface area contributed by atoms with Crippen LogP contribution in [0.15, 0.2) is 24.4 Å². The Labute approximate surface area is 118 Å². The van der Waals surface area contributed by atoms with Crippen molar-refractivity contribution in [3.8, 4) is 0 Å². The van der Waals surface area contributed by atoms with Crippen LogP contribution >= 0.6 is 11.6 Å². The second kappa shape index (κ2) is 4.26. The van der Waals surface area contributed by atoms with E-state index in [-0.39, 0.29) is 0 Å². The maximum absolute atomic E-state index is 6.01. The van der Waals surface area contributed by atoms with Gasteiger partial charge in [-0.05, 0) is 54.7 Å². The zero-order valence-corrected chi connectivity index (χ0v) is 11.8. The number of hydrogen-bond acceptors (Lipinski definition) is 1. The Morgan fingerprint density at radius 2 is 2.16 bits per heavy atom. The molecule has 100 valence electrons. The van der Waals surface area contributed by atoms with Crippen LogP contribution < -0.4 is 5.32 Å². The van der Waals surface area contributed by atoms with Crippen LogP contribution in [0.1, 0.15) is 31.2 Å². The van der Waals surface area contributed by atoms with E-state index in [1.54, 1.807) is 0 Å². The lowest BCUT2D eigenvalue weighted by Gasteiger charge is -2.14. The van der Waals surface area contributed by atoms with E-state index in [1.165, 1.54) is 43.2 Å². The number of rotatable bonds is 5. The van der Waals surface area contributed by atoms with E-state index in [0.717, 1.165) is 23.0 Å². The molecule has 0 aliphatic heterocycles. The molecule has 1 aromatic heterocycles. The summed E-state index contributed by atoms with van der Waals surface area (Å²) in [6.07, 6.45) is 7.91. The van der Waals surface area contributed by atoms with Crippen molar-refractivity contribution in [2.45, 2.75) is 32.2 Å². The van der Waals surface area contributed by atoms with Crippen LogP contribution in [0, 0.1) is 11.3 Å². The monoisotopic (exact) mass is 274 g/mol. The van der Waals surface area contributed by atoms with Crippen LogP contribution in [0.4, 0.5) is 0 Å². The lowest BCUT2D eigenvalue weighted by atomic mass is 10.0. The van der Waals surface area contributed by atoms with Gasteiger partial charge in [-0.15, -0.1) is 0 Å². The molecule has 0 atom stereocenters. The minimum Gasteiger partial charge on any atom is -0.361 e. The number of aromatic nitrogens is 1. The van der Waals surface area contributed by atoms with Gasteiger partial charge in [0.15, 0.2) is 0 Å². The van der Waals surface area contributed by atoms with Crippen LogP contribution in [0.2, 0.25) is 5.02 Å². The molecule has 2 saturated carbocycles. The van der Waals surface area contributed by atoms with E-state index >= 15 is 0 Å². The number of fused-ring (bicyclic) bond motifs is 1. The third-order valence-corrected chi connectivity index (χ3v) is 5.09. The number of nitrogens with one attached hydrogen (secondary N) is 2. The van der Waals surface area contributed by atoms with Gasteiger partial charge in [-0.2, -0.15) is 0 Å². The summed E-state index contributed by atoms with van der Waals surface area (Å²) in [7, 11) is 0. The molecule has 0 unspecified atom stereocenters. The fourth-order valence-electron chi connectivity index (χ4n) is 3.34. The van der Waals surface area contributed by atoms with Crippen molar-refractivity contribution in [2.24, 2.45) is 11.3 Å². The van der Waals surface area contributed by atoms with Crippen LogP contribution in [0.5, 0.6) is 0 Å². The van der Waals surface area contributed by atoms with Crippen molar-refractivity contribution in [3.63, 3.8) is 0 Å². The standard InChI is InChI=1S/C16H19ClN2/c17-13-3-4-14-11(9-19-15(14)7-13)8-18-10-16(5-6-16)12-1-2-12/h3-4,7,9,12,18-19H,1-2,5-6,8,10H2. The summed E-state index contributed by atoms with van der Waals surface area (Å²) >= 11 is 6.01. The minimum atomic E-state index is 0.676. The summed E-state index contributed by atoms with van der Waals surface area (Å²) < 4.78 is 0. The number of benzene rings is 1.